The maximum absolute atomic E-state index is 11.1. The molecule has 0 bridgehead atoms. The molecule has 2 nitrogen and oxygen atoms in total. The van der Waals surface area contributed by atoms with Gasteiger partial charge in [-0.3, -0.25) is 4.79 Å². The van der Waals surface area contributed by atoms with E-state index < -0.39 is 11.4 Å². The molecular formula is C10H12O2S. The SMILES string of the molecule is Cc1ccc(C2(C(=O)O)CCC2)s1. The molecule has 0 amide bonds. The van der Waals surface area contributed by atoms with E-state index in [2.05, 4.69) is 0 Å². The molecule has 0 aliphatic heterocycles. The first kappa shape index (κ1) is 8.75. The van der Waals surface area contributed by atoms with Gasteiger partial charge in [0.2, 0.25) is 0 Å². The normalized spacial score (nSPS) is 19.5. The molecule has 1 N–H and O–H groups in total. The smallest absolute Gasteiger partial charge is 0.314 e. The molecule has 3 heteroatoms. The van der Waals surface area contributed by atoms with Crippen LogP contribution in [-0.2, 0) is 10.2 Å². The molecule has 1 fully saturated rings. The number of carboxylic acids is 1. The molecule has 1 aliphatic rings. The van der Waals surface area contributed by atoms with Crippen molar-refractivity contribution >= 4 is 17.3 Å². The van der Waals surface area contributed by atoms with Crippen molar-refractivity contribution in [3.8, 4) is 0 Å². The van der Waals surface area contributed by atoms with Gasteiger partial charge in [0.05, 0.1) is 0 Å². The zero-order valence-corrected chi connectivity index (χ0v) is 8.36. The van der Waals surface area contributed by atoms with Crippen molar-refractivity contribution in [2.45, 2.75) is 31.6 Å². The molecule has 2 rings (SSSR count). The minimum Gasteiger partial charge on any atom is -0.481 e. The van der Waals surface area contributed by atoms with Gasteiger partial charge in [-0.1, -0.05) is 6.42 Å². The van der Waals surface area contributed by atoms with E-state index in [0.29, 0.717) is 0 Å². The Morgan fingerprint density at radius 3 is 2.54 bits per heavy atom. The van der Waals surface area contributed by atoms with Gasteiger partial charge in [-0.15, -0.1) is 11.3 Å². The van der Waals surface area contributed by atoms with Gasteiger partial charge >= 0.3 is 5.97 Å². The minimum absolute atomic E-state index is 0.529. The quantitative estimate of drug-likeness (QED) is 0.789. The molecule has 0 atom stereocenters. The lowest BCUT2D eigenvalue weighted by Crippen LogP contribution is -2.41. The number of aliphatic carboxylic acids is 1. The van der Waals surface area contributed by atoms with E-state index in [1.165, 1.54) is 4.88 Å². The van der Waals surface area contributed by atoms with Gasteiger partial charge in [-0.2, -0.15) is 0 Å². The Morgan fingerprint density at radius 2 is 2.23 bits per heavy atom. The van der Waals surface area contributed by atoms with Crippen molar-refractivity contribution in [2.75, 3.05) is 0 Å². The third-order valence-electron chi connectivity index (χ3n) is 2.83. The van der Waals surface area contributed by atoms with Crippen LogP contribution in [0, 0.1) is 6.92 Å². The summed E-state index contributed by atoms with van der Waals surface area (Å²) in [4.78, 5) is 13.3. The summed E-state index contributed by atoms with van der Waals surface area (Å²) in [5, 5.41) is 9.15. The molecule has 0 spiro atoms. The number of hydrogen-bond acceptors (Lipinski definition) is 2. The fourth-order valence-corrected chi connectivity index (χ4v) is 2.89. The third kappa shape index (κ3) is 1.18. The lowest BCUT2D eigenvalue weighted by Gasteiger charge is -2.36. The van der Waals surface area contributed by atoms with Crippen LogP contribution >= 0.6 is 11.3 Å². The van der Waals surface area contributed by atoms with Crippen molar-refractivity contribution < 1.29 is 9.90 Å². The molecule has 0 saturated heterocycles. The van der Waals surface area contributed by atoms with Crippen molar-refractivity contribution in [1.29, 1.82) is 0 Å². The molecule has 13 heavy (non-hydrogen) atoms. The molecule has 1 heterocycles. The summed E-state index contributed by atoms with van der Waals surface area (Å²) in [6.07, 6.45) is 2.66. The Hall–Kier alpha value is -0.830. The molecule has 1 aliphatic carbocycles. The molecule has 70 valence electrons. The fourth-order valence-electron chi connectivity index (χ4n) is 1.79. The zero-order chi connectivity index (χ0) is 9.47. The van der Waals surface area contributed by atoms with Gasteiger partial charge in [0.15, 0.2) is 0 Å². The summed E-state index contributed by atoms with van der Waals surface area (Å²) in [7, 11) is 0. The number of carboxylic acid groups (broad SMARTS) is 1. The number of rotatable bonds is 2. The number of aryl methyl sites for hydroxylation is 1. The predicted molar refractivity (Wildman–Crippen MR) is 52.2 cm³/mol. The fraction of sp³-hybridized carbons (Fsp3) is 0.500. The van der Waals surface area contributed by atoms with Crippen LogP contribution in [0.4, 0.5) is 0 Å². The Balaban J connectivity index is 2.37. The van der Waals surface area contributed by atoms with Gasteiger partial charge in [-0.05, 0) is 31.9 Å². The summed E-state index contributed by atoms with van der Waals surface area (Å²) >= 11 is 1.62. The van der Waals surface area contributed by atoms with Gasteiger partial charge < -0.3 is 5.11 Å². The van der Waals surface area contributed by atoms with Crippen molar-refractivity contribution in [3.05, 3.63) is 21.9 Å². The van der Waals surface area contributed by atoms with Crippen LogP contribution in [0.2, 0.25) is 0 Å². The standard InChI is InChI=1S/C10H12O2S/c1-7-3-4-8(13-7)10(9(11)12)5-2-6-10/h3-4H,2,5-6H2,1H3,(H,11,12). The molecule has 0 unspecified atom stereocenters. The monoisotopic (exact) mass is 196 g/mol. The van der Waals surface area contributed by atoms with Crippen molar-refractivity contribution in [2.24, 2.45) is 0 Å². The van der Waals surface area contributed by atoms with Gasteiger partial charge in [-0.25, -0.2) is 0 Å². The van der Waals surface area contributed by atoms with Crippen molar-refractivity contribution in [1.82, 2.24) is 0 Å². The van der Waals surface area contributed by atoms with E-state index in [0.717, 1.165) is 24.1 Å². The molecule has 0 radical (unpaired) electrons. The Kier molecular flexibility index (Phi) is 1.91. The van der Waals surface area contributed by atoms with Crippen LogP contribution < -0.4 is 0 Å². The van der Waals surface area contributed by atoms with Gasteiger partial charge in [0, 0.05) is 9.75 Å². The second kappa shape index (κ2) is 2.84. The Bertz CT molecular complexity index is 336. The minimum atomic E-state index is -0.652. The summed E-state index contributed by atoms with van der Waals surface area (Å²) < 4.78 is 0. The van der Waals surface area contributed by atoms with E-state index >= 15 is 0 Å². The van der Waals surface area contributed by atoms with Crippen LogP contribution in [0.1, 0.15) is 29.0 Å². The van der Waals surface area contributed by atoms with E-state index in [1.54, 1.807) is 11.3 Å². The highest BCUT2D eigenvalue weighted by molar-refractivity contribution is 7.12. The van der Waals surface area contributed by atoms with Crippen LogP contribution in [-0.4, -0.2) is 11.1 Å². The first-order valence-corrected chi connectivity index (χ1v) is 5.27. The lowest BCUT2D eigenvalue weighted by molar-refractivity contribution is -0.147. The second-order valence-corrected chi connectivity index (χ2v) is 4.94. The number of hydrogen-bond donors (Lipinski definition) is 1. The molecule has 1 saturated carbocycles. The van der Waals surface area contributed by atoms with E-state index in [-0.39, 0.29) is 0 Å². The summed E-state index contributed by atoms with van der Waals surface area (Å²) in [5.41, 5.74) is -0.529. The first-order valence-electron chi connectivity index (χ1n) is 4.45. The topological polar surface area (TPSA) is 37.3 Å². The predicted octanol–water partition coefficient (Wildman–Crippen LogP) is 2.56. The maximum atomic E-state index is 11.1. The van der Waals surface area contributed by atoms with Gasteiger partial charge in [0.1, 0.15) is 5.41 Å². The largest absolute Gasteiger partial charge is 0.481 e. The van der Waals surface area contributed by atoms with Crippen molar-refractivity contribution in [3.63, 3.8) is 0 Å². The zero-order valence-electron chi connectivity index (χ0n) is 7.54. The lowest BCUT2D eigenvalue weighted by atomic mass is 9.68. The van der Waals surface area contributed by atoms with Crippen LogP contribution in [0.3, 0.4) is 0 Å². The summed E-state index contributed by atoms with van der Waals surface area (Å²) in [6.45, 7) is 2.02. The van der Waals surface area contributed by atoms with Crippen LogP contribution in [0.5, 0.6) is 0 Å². The highest BCUT2D eigenvalue weighted by Gasteiger charge is 2.46. The van der Waals surface area contributed by atoms with E-state index in [1.807, 2.05) is 19.1 Å². The number of thiophene rings is 1. The second-order valence-electron chi connectivity index (χ2n) is 3.65. The molecular weight excluding hydrogens is 184 g/mol. The Labute approximate surface area is 81.2 Å². The molecule has 1 aromatic heterocycles. The number of carbonyl (C=O) groups is 1. The Morgan fingerprint density at radius 1 is 1.54 bits per heavy atom. The molecule has 0 aromatic carbocycles. The average molecular weight is 196 g/mol. The first-order chi connectivity index (χ1) is 6.15. The van der Waals surface area contributed by atoms with E-state index in [4.69, 9.17) is 5.11 Å². The van der Waals surface area contributed by atoms with Crippen LogP contribution in [0.15, 0.2) is 12.1 Å². The molecule has 1 aromatic rings. The third-order valence-corrected chi connectivity index (χ3v) is 4.03. The van der Waals surface area contributed by atoms with Crippen LogP contribution in [0.25, 0.3) is 0 Å². The van der Waals surface area contributed by atoms with Gasteiger partial charge in [0.25, 0.3) is 0 Å². The average Bonchev–Trinajstić information content (AvgIpc) is 2.32. The maximum Gasteiger partial charge on any atom is 0.314 e. The summed E-state index contributed by atoms with van der Waals surface area (Å²) in [6, 6.07) is 3.97. The summed E-state index contributed by atoms with van der Waals surface area (Å²) in [5.74, 6) is -0.652. The van der Waals surface area contributed by atoms with E-state index in [9.17, 15) is 4.79 Å². The highest BCUT2D eigenvalue weighted by atomic mass is 32.1. The highest BCUT2D eigenvalue weighted by Crippen LogP contribution is 2.46.